The third-order valence-corrected chi connectivity index (χ3v) is 2.32. The number of rotatable bonds is 3. The maximum Gasteiger partial charge on any atom is 0.325 e. The van der Waals surface area contributed by atoms with E-state index < -0.39 is 12.0 Å². The van der Waals surface area contributed by atoms with Crippen molar-refractivity contribution < 1.29 is 14.3 Å². The van der Waals surface area contributed by atoms with Gasteiger partial charge in [0.25, 0.3) is 6.01 Å². The molecule has 5 nitrogen and oxygen atoms in total. The van der Waals surface area contributed by atoms with Gasteiger partial charge in [-0.05, 0) is 25.5 Å². The van der Waals surface area contributed by atoms with Crippen LogP contribution in [0.25, 0.3) is 11.1 Å². The van der Waals surface area contributed by atoms with Crippen LogP contribution in [0.5, 0.6) is 0 Å². The average Bonchev–Trinajstić information content (AvgIpc) is 2.61. The van der Waals surface area contributed by atoms with Gasteiger partial charge in [-0.1, -0.05) is 12.1 Å². The van der Waals surface area contributed by atoms with Crippen molar-refractivity contribution in [1.29, 1.82) is 0 Å². The maximum atomic E-state index is 10.7. The van der Waals surface area contributed by atoms with Crippen molar-refractivity contribution in [1.82, 2.24) is 4.98 Å². The smallest absolute Gasteiger partial charge is 0.325 e. The van der Waals surface area contributed by atoms with Crippen LogP contribution in [0, 0.1) is 6.92 Å². The molecule has 1 aromatic heterocycles. The van der Waals surface area contributed by atoms with Crippen LogP contribution >= 0.6 is 0 Å². The van der Waals surface area contributed by atoms with Crippen molar-refractivity contribution in [3.63, 3.8) is 0 Å². The number of anilines is 1. The highest BCUT2D eigenvalue weighted by molar-refractivity contribution is 5.79. The van der Waals surface area contributed by atoms with Crippen molar-refractivity contribution in [3.05, 3.63) is 23.8 Å². The van der Waals surface area contributed by atoms with Crippen LogP contribution in [0.2, 0.25) is 0 Å². The zero-order valence-corrected chi connectivity index (χ0v) is 9.02. The van der Waals surface area contributed by atoms with Gasteiger partial charge in [-0.15, -0.1) is 0 Å². The maximum absolute atomic E-state index is 10.7. The number of carbonyl (C=O) groups is 1. The lowest BCUT2D eigenvalue weighted by atomic mass is 10.2. The predicted octanol–water partition coefficient (Wildman–Crippen LogP) is 2.02. The summed E-state index contributed by atoms with van der Waals surface area (Å²) in [5.74, 6) is -0.945. The molecule has 5 heteroatoms. The molecule has 2 aromatic rings. The van der Waals surface area contributed by atoms with Crippen LogP contribution in [0.15, 0.2) is 22.6 Å². The lowest BCUT2D eigenvalue weighted by molar-refractivity contribution is -0.137. The molecule has 1 unspecified atom stereocenters. The standard InChI is InChI=1S/C11H12N2O3/c1-6-4-3-5-8-9(6)16-11(13-8)12-7(2)10(14)15/h3-5,7H,1-2H3,(H,12,13)(H,14,15). The minimum Gasteiger partial charge on any atom is -0.480 e. The number of aryl methyl sites for hydroxylation is 1. The van der Waals surface area contributed by atoms with E-state index in [-0.39, 0.29) is 6.01 Å². The molecule has 0 saturated carbocycles. The number of hydrogen-bond acceptors (Lipinski definition) is 4. The van der Waals surface area contributed by atoms with Crippen LogP contribution < -0.4 is 5.32 Å². The number of nitrogens with zero attached hydrogens (tertiary/aromatic N) is 1. The molecule has 0 aliphatic rings. The van der Waals surface area contributed by atoms with Gasteiger partial charge in [-0.2, -0.15) is 4.98 Å². The van der Waals surface area contributed by atoms with Crippen molar-refractivity contribution in [2.45, 2.75) is 19.9 Å². The molecule has 2 N–H and O–H groups in total. The van der Waals surface area contributed by atoms with Crippen LogP contribution in [0.4, 0.5) is 6.01 Å². The summed E-state index contributed by atoms with van der Waals surface area (Å²) >= 11 is 0. The molecule has 0 aliphatic heterocycles. The molecular formula is C11H12N2O3. The quantitative estimate of drug-likeness (QED) is 0.827. The zero-order valence-electron chi connectivity index (χ0n) is 9.02. The molecular weight excluding hydrogens is 208 g/mol. The second-order valence-corrected chi connectivity index (χ2v) is 3.65. The van der Waals surface area contributed by atoms with Gasteiger partial charge in [0.15, 0.2) is 5.58 Å². The van der Waals surface area contributed by atoms with E-state index in [2.05, 4.69) is 10.3 Å². The number of fused-ring (bicyclic) bond motifs is 1. The Bertz CT molecular complexity index is 533. The van der Waals surface area contributed by atoms with Crippen LogP contribution in [0.1, 0.15) is 12.5 Å². The first kappa shape index (κ1) is 10.5. The van der Waals surface area contributed by atoms with Crippen molar-refractivity contribution in [3.8, 4) is 0 Å². The van der Waals surface area contributed by atoms with E-state index in [1.807, 2.05) is 25.1 Å². The van der Waals surface area contributed by atoms with Gasteiger partial charge < -0.3 is 14.8 Å². The minimum atomic E-state index is -0.945. The third kappa shape index (κ3) is 1.84. The number of carboxylic acid groups (broad SMARTS) is 1. The molecule has 0 aliphatic carbocycles. The first-order valence-electron chi connectivity index (χ1n) is 4.93. The third-order valence-electron chi connectivity index (χ3n) is 2.32. The number of carboxylic acids is 1. The number of aromatic nitrogens is 1. The Labute approximate surface area is 92.1 Å². The second kappa shape index (κ2) is 3.84. The second-order valence-electron chi connectivity index (χ2n) is 3.65. The molecule has 1 aromatic carbocycles. The van der Waals surface area contributed by atoms with Crippen molar-refractivity contribution in [2.24, 2.45) is 0 Å². The molecule has 2 rings (SSSR count). The number of oxazole rings is 1. The zero-order chi connectivity index (χ0) is 11.7. The van der Waals surface area contributed by atoms with Gasteiger partial charge in [0.2, 0.25) is 0 Å². The highest BCUT2D eigenvalue weighted by atomic mass is 16.4. The van der Waals surface area contributed by atoms with E-state index >= 15 is 0 Å². The van der Waals surface area contributed by atoms with Gasteiger partial charge in [0, 0.05) is 0 Å². The van der Waals surface area contributed by atoms with Gasteiger partial charge in [-0.3, -0.25) is 4.79 Å². The molecule has 1 atom stereocenters. The van der Waals surface area contributed by atoms with E-state index in [1.165, 1.54) is 6.92 Å². The summed E-state index contributed by atoms with van der Waals surface area (Å²) in [7, 11) is 0. The monoisotopic (exact) mass is 220 g/mol. The summed E-state index contributed by atoms with van der Waals surface area (Å²) < 4.78 is 5.43. The highest BCUT2D eigenvalue weighted by Gasteiger charge is 2.14. The SMILES string of the molecule is Cc1cccc2nc(NC(C)C(=O)O)oc12. The molecule has 0 fully saturated rings. The molecule has 0 bridgehead atoms. The van der Waals surface area contributed by atoms with E-state index in [1.54, 1.807) is 0 Å². The van der Waals surface area contributed by atoms with Gasteiger partial charge >= 0.3 is 5.97 Å². The Morgan fingerprint density at radius 3 is 2.94 bits per heavy atom. The molecule has 84 valence electrons. The molecule has 0 saturated heterocycles. The summed E-state index contributed by atoms with van der Waals surface area (Å²) in [6.07, 6.45) is 0. The molecule has 0 spiro atoms. The normalized spacial score (nSPS) is 12.6. The van der Waals surface area contributed by atoms with Gasteiger partial charge in [0.05, 0.1) is 0 Å². The number of benzene rings is 1. The Balaban J connectivity index is 2.33. The summed E-state index contributed by atoms with van der Waals surface area (Å²) in [5.41, 5.74) is 2.38. The van der Waals surface area contributed by atoms with Gasteiger partial charge in [-0.25, -0.2) is 0 Å². The largest absolute Gasteiger partial charge is 0.480 e. The van der Waals surface area contributed by atoms with Crippen LogP contribution in [-0.2, 0) is 4.79 Å². The Morgan fingerprint density at radius 1 is 1.56 bits per heavy atom. The first-order valence-corrected chi connectivity index (χ1v) is 4.93. The topological polar surface area (TPSA) is 75.4 Å². The molecule has 1 heterocycles. The number of para-hydroxylation sites is 1. The predicted molar refractivity (Wildman–Crippen MR) is 59.5 cm³/mol. The Kier molecular flexibility index (Phi) is 2.52. The first-order chi connectivity index (χ1) is 7.58. The Hall–Kier alpha value is -2.04. The van der Waals surface area contributed by atoms with Crippen LogP contribution in [0.3, 0.4) is 0 Å². The fourth-order valence-corrected chi connectivity index (χ4v) is 1.40. The molecule has 0 radical (unpaired) electrons. The van der Waals surface area contributed by atoms with E-state index in [0.717, 1.165) is 11.1 Å². The average molecular weight is 220 g/mol. The number of aliphatic carboxylic acids is 1. The van der Waals surface area contributed by atoms with Crippen molar-refractivity contribution >= 4 is 23.1 Å². The van der Waals surface area contributed by atoms with Gasteiger partial charge in [0.1, 0.15) is 11.6 Å². The van der Waals surface area contributed by atoms with E-state index in [0.29, 0.717) is 5.58 Å². The lowest BCUT2D eigenvalue weighted by Gasteiger charge is -2.04. The van der Waals surface area contributed by atoms with Crippen LogP contribution in [-0.4, -0.2) is 22.1 Å². The highest BCUT2D eigenvalue weighted by Crippen LogP contribution is 2.22. The Morgan fingerprint density at radius 2 is 2.31 bits per heavy atom. The summed E-state index contributed by atoms with van der Waals surface area (Å²) in [4.78, 5) is 14.8. The minimum absolute atomic E-state index is 0.235. The summed E-state index contributed by atoms with van der Waals surface area (Å²) in [5, 5.41) is 11.4. The lowest BCUT2D eigenvalue weighted by Crippen LogP contribution is -2.25. The molecule has 16 heavy (non-hydrogen) atoms. The summed E-state index contributed by atoms with van der Waals surface area (Å²) in [6, 6.07) is 5.12. The van der Waals surface area contributed by atoms with E-state index in [4.69, 9.17) is 9.52 Å². The number of hydrogen-bond donors (Lipinski definition) is 2. The van der Waals surface area contributed by atoms with E-state index in [9.17, 15) is 4.79 Å². The van der Waals surface area contributed by atoms with Crippen molar-refractivity contribution in [2.75, 3.05) is 5.32 Å². The molecule has 0 amide bonds. The fourth-order valence-electron chi connectivity index (χ4n) is 1.40. The fraction of sp³-hybridized carbons (Fsp3) is 0.273. The number of nitrogens with one attached hydrogen (secondary N) is 1. The summed E-state index contributed by atoms with van der Waals surface area (Å²) in [6.45, 7) is 3.45.